The normalized spacial score (nSPS) is 18.1. The fraction of sp³-hybridized carbons (Fsp3) is 0.462. The number of benzene rings is 1. The van der Waals surface area contributed by atoms with Gasteiger partial charge in [0.1, 0.15) is 5.75 Å². The average Bonchev–Trinajstić information content (AvgIpc) is 2.29. The molecule has 4 nitrogen and oxygen atoms in total. The lowest BCUT2D eigenvalue weighted by Gasteiger charge is -2.25. The number of hydrogen-bond donors (Lipinski definition) is 1. The molecule has 2 N–H and O–H groups in total. The highest BCUT2D eigenvalue weighted by Gasteiger charge is 2.22. The van der Waals surface area contributed by atoms with E-state index in [9.17, 15) is 4.79 Å². The third-order valence-electron chi connectivity index (χ3n) is 2.71. The zero-order valence-corrected chi connectivity index (χ0v) is 9.94. The van der Waals surface area contributed by atoms with Gasteiger partial charge in [0.25, 0.3) is 0 Å². The quantitative estimate of drug-likeness (QED) is 0.644. The third-order valence-corrected chi connectivity index (χ3v) is 2.71. The Bertz CT molecular complexity index is 417. The highest BCUT2D eigenvalue weighted by Crippen LogP contribution is 2.29. The smallest absolute Gasteiger partial charge is 0.308 e. The highest BCUT2D eigenvalue weighted by atomic mass is 16.7. The van der Waals surface area contributed by atoms with E-state index in [1.807, 2.05) is 19.1 Å². The van der Waals surface area contributed by atoms with Gasteiger partial charge in [0.15, 0.2) is 0 Å². The summed E-state index contributed by atoms with van der Waals surface area (Å²) < 4.78 is 10.8. The van der Waals surface area contributed by atoms with Gasteiger partial charge >= 0.3 is 5.97 Å². The van der Waals surface area contributed by atoms with E-state index in [-0.39, 0.29) is 5.97 Å². The van der Waals surface area contributed by atoms with Crippen LogP contribution >= 0.6 is 0 Å². The van der Waals surface area contributed by atoms with Crippen LogP contribution < -0.4 is 10.5 Å². The fourth-order valence-electron chi connectivity index (χ4n) is 1.88. The van der Waals surface area contributed by atoms with E-state index in [1.165, 1.54) is 0 Å². The molecule has 0 fully saturated rings. The first-order valence-corrected chi connectivity index (χ1v) is 5.93. The largest absolute Gasteiger partial charge is 0.454 e. The summed E-state index contributed by atoms with van der Waals surface area (Å²) in [6.45, 7) is 1.95. The number of carbonyl (C=O) groups is 1. The van der Waals surface area contributed by atoms with E-state index in [0.29, 0.717) is 12.8 Å². The molecule has 17 heavy (non-hydrogen) atoms. The third kappa shape index (κ3) is 2.90. The molecule has 0 spiro atoms. The molecule has 0 bridgehead atoms. The summed E-state index contributed by atoms with van der Waals surface area (Å²) in [6.07, 6.45) is 2.29. The minimum atomic E-state index is -0.454. The maximum absolute atomic E-state index is 11.4. The van der Waals surface area contributed by atoms with E-state index < -0.39 is 6.29 Å². The fourth-order valence-corrected chi connectivity index (χ4v) is 1.88. The number of esters is 1. The predicted octanol–water partition coefficient (Wildman–Crippen LogP) is 2.26. The molecule has 0 saturated carbocycles. The van der Waals surface area contributed by atoms with Crippen molar-refractivity contribution < 1.29 is 14.3 Å². The van der Waals surface area contributed by atoms with Gasteiger partial charge in [0.2, 0.25) is 6.29 Å². The van der Waals surface area contributed by atoms with E-state index in [0.717, 1.165) is 29.8 Å². The summed E-state index contributed by atoms with van der Waals surface area (Å²) in [7, 11) is 0. The minimum absolute atomic E-state index is 0.198. The van der Waals surface area contributed by atoms with Crippen molar-refractivity contribution in [1.82, 2.24) is 0 Å². The van der Waals surface area contributed by atoms with Crippen LogP contribution in [0.3, 0.4) is 0 Å². The molecule has 0 saturated heterocycles. The molecule has 2 rings (SSSR count). The Morgan fingerprint density at radius 3 is 3.18 bits per heavy atom. The van der Waals surface area contributed by atoms with Crippen LogP contribution in [0, 0.1) is 0 Å². The first kappa shape index (κ1) is 11.8. The Morgan fingerprint density at radius 2 is 2.41 bits per heavy atom. The molecule has 0 aromatic heterocycles. The lowest BCUT2D eigenvalue weighted by Crippen LogP contribution is -2.28. The van der Waals surface area contributed by atoms with Crippen LogP contribution in [0.25, 0.3) is 0 Å². The molecule has 1 aliphatic heterocycles. The number of rotatable bonds is 3. The van der Waals surface area contributed by atoms with Crippen LogP contribution in [0.1, 0.15) is 31.7 Å². The molecule has 0 unspecified atom stereocenters. The second kappa shape index (κ2) is 5.08. The number of anilines is 1. The maximum atomic E-state index is 11.4. The second-order valence-electron chi connectivity index (χ2n) is 4.19. The van der Waals surface area contributed by atoms with Gasteiger partial charge in [0, 0.05) is 18.5 Å². The van der Waals surface area contributed by atoms with Gasteiger partial charge in [-0.25, -0.2) is 0 Å². The van der Waals surface area contributed by atoms with Crippen LogP contribution in [0.5, 0.6) is 5.75 Å². The first-order valence-electron chi connectivity index (χ1n) is 5.93. The predicted molar refractivity (Wildman–Crippen MR) is 64.6 cm³/mol. The molecule has 0 aliphatic carbocycles. The molecular formula is C13H17NO3. The van der Waals surface area contributed by atoms with Crippen LogP contribution in [-0.2, 0) is 16.0 Å². The van der Waals surface area contributed by atoms with Crippen LogP contribution in [0.4, 0.5) is 5.69 Å². The van der Waals surface area contributed by atoms with Crippen molar-refractivity contribution in [3.8, 4) is 5.75 Å². The Balaban J connectivity index is 1.99. The number of fused-ring (bicyclic) bond motifs is 1. The Labute approximate surface area is 101 Å². The Kier molecular flexibility index (Phi) is 3.52. The SMILES string of the molecule is CCCC(=O)O[C@@H]1CCc2cc(N)ccc2O1. The molecule has 1 aliphatic rings. The summed E-state index contributed by atoms with van der Waals surface area (Å²) in [5.74, 6) is 0.566. The molecule has 1 heterocycles. The summed E-state index contributed by atoms with van der Waals surface area (Å²) in [4.78, 5) is 11.4. The van der Waals surface area contributed by atoms with Gasteiger partial charge in [0.05, 0.1) is 0 Å². The van der Waals surface area contributed by atoms with Crippen molar-refractivity contribution >= 4 is 11.7 Å². The number of hydrogen-bond acceptors (Lipinski definition) is 4. The zero-order valence-electron chi connectivity index (χ0n) is 9.94. The van der Waals surface area contributed by atoms with Gasteiger partial charge in [-0.05, 0) is 36.6 Å². The number of aryl methyl sites for hydroxylation is 1. The number of nitrogens with two attached hydrogens (primary N) is 1. The van der Waals surface area contributed by atoms with E-state index in [1.54, 1.807) is 6.07 Å². The van der Waals surface area contributed by atoms with Crippen molar-refractivity contribution in [2.45, 2.75) is 38.9 Å². The molecule has 4 heteroatoms. The van der Waals surface area contributed by atoms with Crippen molar-refractivity contribution in [3.05, 3.63) is 23.8 Å². The maximum Gasteiger partial charge on any atom is 0.308 e. The molecule has 0 amide bonds. The van der Waals surface area contributed by atoms with Gasteiger partial charge < -0.3 is 15.2 Å². The van der Waals surface area contributed by atoms with E-state index in [4.69, 9.17) is 15.2 Å². The van der Waals surface area contributed by atoms with Gasteiger partial charge in [-0.3, -0.25) is 4.79 Å². The molecule has 1 atom stereocenters. The number of carbonyl (C=O) groups excluding carboxylic acids is 1. The van der Waals surface area contributed by atoms with Gasteiger partial charge in [-0.1, -0.05) is 6.92 Å². The monoisotopic (exact) mass is 235 g/mol. The van der Waals surface area contributed by atoms with Crippen molar-refractivity contribution in [3.63, 3.8) is 0 Å². The lowest BCUT2D eigenvalue weighted by atomic mass is 10.1. The van der Waals surface area contributed by atoms with Crippen LogP contribution in [0.2, 0.25) is 0 Å². The van der Waals surface area contributed by atoms with Crippen LogP contribution in [0.15, 0.2) is 18.2 Å². The molecule has 0 radical (unpaired) electrons. The van der Waals surface area contributed by atoms with Crippen molar-refractivity contribution in [2.24, 2.45) is 0 Å². The van der Waals surface area contributed by atoms with Gasteiger partial charge in [-0.15, -0.1) is 0 Å². The second-order valence-corrected chi connectivity index (χ2v) is 4.19. The van der Waals surface area contributed by atoms with Crippen LogP contribution in [-0.4, -0.2) is 12.3 Å². The summed E-state index contributed by atoms with van der Waals surface area (Å²) in [5.41, 5.74) is 7.50. The summed E-state index contributed by atoms with van der Waals surface area (Å²) in [6, 6.07) is 5.51. The summed E-state index contributed by atoms with van der Waals surface area (Å²) >= 11 is 0. The highest BCUT2D eigenvalue weighted by molar-refractivity contribution is 5.69. The minimum Gasteiger partial charge on any atom is -0.454 e. The number of nitrogen functional groups attached to an aromatic ring is 1. The van der Waals surface area contributed by atoms with E-state index in [2.05, 4.69) is 0 Å². The molecule has 1 aromatic rings. The standard InChI is InChI=1S/C13H17NO3/c1-2-3-12(15)17-13-7-4-9-8-10(14)5-6-11(9)16-13/h5-6,8,13H,2-4,7,14H2,1H3/t13-/m1/s1. The molecule has 1 aromatic carbocycles. The lowest BCUT2D eigenvalue weighted by molar-refractivity contribution is -0.165. The van der Waals surface area contributed by atoms with Crippen molar-refractivity contribution in [2.75, 3.05) is 5.73 Å². The average molecular weight is 235 g/mol. The van der Waals surface area contributed by atoms with Gasteiger partial charge in [-0.2, -0.15) is 0 Å². The summed E-state index contributed by atoms with van der Waals surface area (Å²) in [5, 5.41) is 0. The zero-order chi connectivity index (χ0) is 12.3. The van der Waals surface area contributed by atoms with E-state index >= 15 is 0 Å². The molecule has 92 valence electrons. The number of ether oxygens (including phenoxy) is 2. The molecular weight excluding hydrogens is 218 g/mol. The van der Waals surface area contributed by atoms with Crippen molar-refractivity contribution in [1.29, 1.82) is 0 Å². The Morgan fingerprint density at radius 1 is 1.59 bits per heavy atom. The topological polar surface area (TPSA) is 61.5 Å². The first-order chi connectivity index (χ1) is 8.19. The Hall–Kier alpha value is -1.71.